The van der Waals surface area contributed by atoms with Crippen LogP contribution < -0.4 is 16.0 Å². The molecule has 1 aromatic carbocycles. The van der Waals surface area contributed by atoms with Gasteiger partial charge < -0.3 is 16.0 Å². The molecule has 0 radical (unpaired) electrons. The van der Waals surface area contributed by atoms with Gasteiger partial charge in [0.1, 0.15) is 10.8 Å². The van der Waals surface area contributed by atoms with E-state index in [2.05, 4.69) is 37.6 Å². The van der Waals surface area contributed by atoms with Crippen molar-refractivity contribution in [3.63, 3.8) is 0 Å². The van der Waals surface area contributed by atoms with E-state index in [4.69, 9.17) is 11.6 Å². The number of carbonyl (C=O) groups excluding carboxylic acids is 1. The standard InChI is InChI=1S/C18H17ClFN7O/c1-3-16(28)25-15-6-4-5-14(20)12(15)8-21-17-13(19)9-22-18(26-17)24-11-7-23-27(2)10-11/h3-7,9-10H,1,8H2,2H3,(H,25,28)(H2,21,22,24,26). The molecular formula is C18H17ClFN7O. The molecule has 0 aliphatic heterocycles. The number of nitrogens with one attached hydrogen (secondary N) is 3. The monoisotopic (exact) mass is 401 g/mol. The van der Waals surface area contributed by atoms with Crippen molar-refractivity contribution in [2.75, 3.05) is 16.0 Å². The van der Waals surface area contributed by atoms with Gasteiger partial charge in [0.2, 0.25) is 11.9 Å². The van der Waals surface area contributed by atoms with Crippen molar-refractivity contribution < 1.29 is 9.18 Å². The zero-order chi connectivity index (χ0) is 20.1. The summed E-state index contributed by atoms with van der Waals surface area (Å²) in [6.45, 7) is 3.44. The summed E-state index contributed by atoms with van der Waals surface area (Å²) in [5.41, 5.74) is 1.30. The molecule has 2 aromatic heterocycles. The Labute approximate surface area is 165 Å². The summed E-state index contributed by atoms with van der Waals surface area (Å²) in [5, 5.41) is 12.9. The highest BCUT2D eigenvalue weighted by molar-refractivity contribution is 6.32. The van der Waals surface area contributed by atoms with Crippen LogP contribution in [0.1, 0.15) is 5.56 Å². The minimum atomic E-state index is -0.478. The number of rotatable bonds is 7. The van der Waals surface area contributed by atoms with Crippen LogP contribution in [-0.4, -0.2) is 25.7 Å². The van der Waals surface area contributed by atoms with Crippen LogP contribution in [0.4, 0.5) is 27.5 Å². The molecule has 2 heterocycles. The first-order chi connectivity index (χ1) is 13.5. The van der Waals surface area contributed by atoms with Gasteiger partial charge in [0.05, 0.1) is 18.1 Å². The number of amides is 1. The third-order valence-electron chi connectivity index (χ3n) is 3.70. The molecule has 0 unspecified atom stereocenters. The number of carbonyl (C=O) groups is 1. The molecule has 0 saturated heterocycles. The number of aryl methyl sites for hydroxylation is 1. The lowest BCUT2D eigenvalue weighted by Gasteiger charge is -2.13. The fourth-order valence-corrected chi connectivity index (χ4v) is 2.54. The van der Waals surface area contributed by atoms with Crippen LogP contribution in [0.2, 0.25) is 5.02 Å². The number of aromatic nitrogens is 4. The topological polar surface area (TPSA) is 96.8 Å². The molecule has 10 heteroatoms. The highest BCUT2D eigenvalue weighted by atomic mass is 35.5. The van der Waals surface area contributed by atoms with E-state index in [1.807, 2.05) is 0 Å². The number of hydrogen-bond donors (Lipinski definition) is 3. The number of hydrogen-bond acceptors (Lipinski definition) is 6. The van der Waals surface area contributed by atoms with Crippen molar-refractivity contribution >= 4 is 40.6 Å². The summed E-state index contributed by atoms with van der Waals surface area (Å²) >= 11 is 6.15. The third-order valence-corrected chi connectivity index (χ3v) is 3.98. The van der Waals surface area contributed by atoms with Gasteiger partial charge in [-0.3, -0.25) is 9.48 Å². The predicted molar refractivity (Wildman–Crippen MR) is 106 cm³/mol. The van der Waals surface area contributed by atoms with Crippen molar-refractivity contribution in [2.24, 2.45) is 7.05 Å². The van der Waals surface area contributed by atoms with Gasteiger partial charge in [0, 0.05) is 31.0 Å². The molecular weight excluding hydrogens is 385 g/mol. The minimum absolute atomic E-state index is 0.0441. The molecule has 0 saturated carbocycles. The predicted octanol–water partition coefficient (Wildman–Crippen LogP) is 3.48. The summed E-state index contributed by atoms with van der Waals surface area (Å²) in [7, 11) is 1.79. The maximum absolute atomic E-state index is 14.3. The van der Waals surface area contributed by atoms with Crippen LogP contribution in [0, 0.1) is 5.82 Å². The van der Waals surface area contributed by atoms with E-state index in [0.717, 1.165) is 6.08 Å². The van der Waals surface area contributed by atoms with E-state index < -0.39 is 11.7 Å². The van der Waals surface area contributed by atoms with E-state index in [1.165, 1.54) is 18.3 Å². The smallest absolute Gasteiger partial charge is 0.247 e. The van der Waals surface area contributed by atoms with Gasteiger partial charge >= 0.3 is 0 Å². The largest absolute Gasteiger partial charge is 0.364 e. The Morgan fingerprint density at radius 1 is 1.39 bits per heavy atom. The first-order valence-electron chi connectivity index (χ1n) is 8.19. The number of halogens is 2. The maximum atomic E-state index is 14.3. The van der Waals surface area contributed by atoms with E-state index in [0.29, 0.717) is 23.1 Å². The van der Waals surface area contributed by atoms with Gasteiger partial charge in [0.25, 0.3) is 0 Å². The maximum Gasteiger partial charge on any atom is 0.247 e. The average molecular weight is 402 g/mol. The average Bonchev–Trinajstić information content (AvgIpc) is 3.08. The lowest BCUT2D eigenvalue weighted by Crippen LogP contribution is -2.13. The second-order valence-corrected chi connectivity index (χ2v) is 6.14. The molecule has 0 fully saturated rings. The third kappa shape index (κ3) is 4.63. The number of nitrogens with zero attached hydrogens (tertiary/aromatic N) is 4. The molecule has 0 aliphatic rings. The summed E-state index contributed by atoms with van der Waals surface area (Å²) < 4.78 is 15.9. The Morgan fingerprint density at radius 2 is 2.21 bits per heavy atom. The van der Waals surface area contributed by atoms with Crippen molar-refractivity contribution in [1.82, 2.24) is 19.7 Å². The molecule has 3 aromatic rings. The quantitative estimate of drug-likeness (QED) is 0.524. The van der Waals surface area contributed by atoms with Crippen LogP contribution in [-0.2, 0) is 18.4 Å². The van der Waals surface area contributed by atoms with Crippen molar-refractivity contribution in [3.05, 3.63) is 65.8 Å². The molecule has 1 amide bonds. The lowest BCUT2D eigenvalue weighted by molar-refractivity contribution is -0.111. The first kappa shape index (κ1) is 19.3. The molecule has 3 rings (SSSR count). The first-order valence-corrected chi connectivity index (χ1v) is 8.57. The van der Waals surface area contributed by atoms with Crippen molar-refractivity contribution in [1.29, 1.82) is 0 Å². The van der Waals surface area contributed by atoms with Crippen LogP contribution >= 0.6 is 11.6 Å². The molecule has 3 N–H and O–H groups in total. The number of anilines is 4. The summed E-state index contributed by atoms with van der Waals surface area (Å²) in [6.07, 6.45) is 5.93. The second-order valence-electron chi connectivity index (χ2n) is 5.73. The Kier molecular flexibility index (Phi) is 5.85. The summed E-state index contributed by atoms with van der Waals surface area (Å²) in [4.78, 5) is 20.0. The van der Waals surface area contributed by atoms with Gasteiger partial charge in [0.15, 0.2) is 5.82 Å². The highest BCUT2D eigenvalue weighted by Gasteiger charge is 2.12. The molecule has 144 valence electrons. The molecule has 0 aliphatic carbocycles. The van der Waals surface area contributed by atoms with Crippen LogP contribution in [0.15, 0.2) is 49.4 Å². The summed E-state index contributed by atoms with van der Waals surface area (Å²) in [5.74, 6) is -0.302. The van der Waals surface area contributed by atoms with Crippen molar-refractivity contribution in [2.45, 2.75) is 6.54 Å². The fourth-order valence-electron chi connectivity index (χ4n) is 2.38. The molecule has 0 atom stereocenters. The van der Waals surface area contributed by atoms with E-state index >= 15 is 0 Å². The Balaban J connectivity index is 1.78. The van der Waals surface area contributed by atoms with Gasteiger partial charge in [-0.25, -0.2) is 9.37 Å². The zero-order valence-electron chi connectivity index (χ0n) is 14.9. The Morgan fingerprint density at radius 3 is 2.93 bits per heavy atom. The van der Waals surface area contributed by atoms with E-state index in [-0.39, 0.29) is 17.1 Å². The van der Waals surface area contributed by atoms with E-state index in [1.54, 1.807) is 30.2 Å². The normalized spacial score (nSPS) is 10.4. The van der Waals surface area contributed by atoms with Gasteiger partial charge in [-0.15, -0.1) is 0 Å². The molecule has 0 spiro atoms. The fraction of sp³-hybridized carbons (Fsp3) is 0.111. The van der Waals surface area contributed by atoms with Gasteiger partial charge in [-0.2, -0.15) is 10.1 Å². The minimum Gasteiger partial charge on any atom is -0.364 e. The SMILES string of the molecule is C=CC(=O)Nc1cccc(F)c1CNc1nc(Nc2cnn(C)c2)ncc1Cl. The van der Waals surface area contributed by atoms with Crippen LogP contribution in [0.3, 0.4) is 0 Å². The molecule has 28 heavy (non-hydrogen) atoms. The van der Waals surface area contributed by atoms with Gasteiger partial charge in [-0.05, 0) is 18.2 Å². The van der Waals surface area contributed by atoms with Gasteiger partial charge in [-0.1, -0.05) is 24.2 Å². The Bertz CT molecular complexity index is 1020. The second kappa shape index (κ2) is 8.49. The molecule has 8 nitrogen and oxygen atoms in total. The molecule has 0 bridgehead atoms. The summed E-state index contributed by atoms with van der Waals surface area (Å²) in [6, 6.07) is 4.40. The Hall–Kier alpha value is -3.46. The van der Waals surface area contributed by atoms with Crippen LogP contribution in [0.25, 0.3) is 0 Å². The number of benzene rings is 1. The van der Waals surface area contributed by atoms with Crippen molar-refractivity contribution in [3.8, 4) is 0 Å². The van der Waals surface area contributed by atoms with Crippen LogP contribution in [0.5, 0.6) is 0 Å². The highest BCUT2D eigenvalue weighted by Crippen LogP contribution is 2.24. The zero-order valence-corrected chi connectivity index (χ0v) is 15.7. The van der Waals surface area contributed by atoms with E-state index in [9.17, 15) is 9.18 Å². The lowest BCUT2D eigenvalue weighted by atomic mass is 10.1.